The van der Waals surface area contributed by atoms with Crippen LogP contribution in [0.2, 0.25) is 0 Å². The van der Waals surface area contributed by atoms with E-state index in [9.17, 15) is 18.0 Å². The first kappa shape index (κ1) is 20.4. The van der Waals surface area contributed by atoms with Crippen molar-refractivity contribution in [3.8, 4) is 17.4 Å². The van der Waals surface area contributed by atoms with Crippen LogP contribution in [0.4, 0.5) is 18.0 Å². The van der Waals surface area contributed by atoms with Gasteiger partial charge in [-0.2, -0.15) is 13.2 Å². The van der Waals surface area contributed by atoms with E-state index in [-0.39, 0.29) is 18.4 Å². The first-order valence-corrected chi connectivity index (χ1v) is 8.92. The van der Waals surface area contributed by atoms with Crippen LogP contribution in [0.25, 0.3) is 11.5 Å². The molecule has 0 fully saturated rings. The molecule has 0 bridgehead atoms. The fourth-order valence-electron chi connectivity index (χ4n) is 2.56. The van der Waals surface area contributed by atoms with Crippen LogP contribution in [0.1, 0.15) is 30.2 Å². The topological polar surface area (TPSA) is 61.6 Å². The van der Waals surface area contributed by atoms with Gasteiger partial charge in [0.15, 0.2) is 0 Å². The number of halogens is 3. The molecule has 2 aromatic carbocycles. The summed E-state index contributed by atoms with van der Waals surface area (Å²) >= 11 is 0. The molecule has 3 aromatic rings. The largest absolute Gasteiger partial charge is 0.516 e. The Hall–Kier alpha value is -3.29. The van der Waals surface area contributed by atoms with Gasteiger partial charge in [0.2, 0.25) is 5.89 Å². The van der Waals surface area contributed by atoms with Crippen molar-refractivity contribution in [2.45, 2.75) is 32.5 Å². The number of rotatable bonds is 6. The minimum atomic E-state index is -4.43. The van der Waals surface area contributed by atoms with Crippen LogP contribution in [-0.2, 0) is 23.9 Å². The van der Waals surface area contributed by atoms with Crippen LogP contribution in [0.5, 0.6) is 5.95 Å². The normalized spacial score (nSPS) is 11.3. The summed E-state index contributed by atoms with van der Waals surface area (Å²) in [6, 6.07) is 13.5. The molecule has 0 atom stereocenters. The second kappa shape index (κ2) is 8.81. The number of ether oxygens (including phenoxy) is 2. The zero-order valence-electron chi connectivity index (χ0n) is 15.5. The Labute approximate surface area is 165 Å². The molecule has 0 aliphatic rings. The molecule has 0 aliphatic heterocycles. The van der Waals surface area contributed by atoms with Gasteiger partial charge in [-0.05, 0) is 36.2 Å². The van der Waals surface area contributed by atoms with E-state index in [0.29, 0.717) is 24.1 Å². The number of hydrogen-bond donors (Lipinski definition) is 0. The molecule has 29 heavy (non-hydrogen) atoms. The summed E-state index contributed by atoms with van der Waals surface area (Å²) < 4.78 is 53.8. The number of alkyl halides is 3. The van der Waals surface area contributed by atoms with Crippen LogP contribution >= 0.6 is 0 Å². The number of hydrogen-bond acceptors (Lipinski definition) is 5. The van der Waals surface area contributed by atoms with Crippen molar-refractivity contribution in [2.75, 3.05) is 0 Å². The highest BCUT2D eigenvalue weighted by molar-refractivity contribution is 5.64. The van der Waals surface area contributed by atoms with E-state index in [0.717, 1.165) is 17.7 Å². The number of carbonyl (C=O) groups excluding carboxylic acids is 1. The van der Waals surface area contributed by atoms with E-state index in [1.165, 1.54) is 12.1 Å². The molecule has 5 nitrogen and oxygen atoms in total. The summed E-state index contributed by atoms with van der Waals surface area (Å²) in [5.74, 6) is -0.0622. The van der Waals surface area contributed by atoms with E-state index in [2.05, 4.69) is 4.98 Å². The summed E-state index contributed by atoms with van der Waals surface area (Å²) in [6.45, 7) is 1.94. The Bertz CT molecular complexity index is 950. The van der Waals surface area contributed by atoms with Crippen molar-refractivity contribution < 1.29 is 31.9 Å². The minimum Gasteiger partial charge on any atom is -0.429 e. The summed E-state index contributed by atoms with van der Waals surface area (Å²) in [6.07, 6.45) is -4.22. The van der Waals surface area contributed by atoms with Gasteiger partial charge in [0.05, 0.1) is 5.56 Å². The van der Waals surface area contributed by atoms with Crippen molar-refractivity contribution in [3.05, 3.63) is 71.4 Å². The molecular weight excluding hydrogens is 387 g/mol. The molecule has 1 aromatic heterocycles. The lowest BCUT2D eigenvalue weighted by Crippen LogP contribution is -2.11. The van der Waals surface area contributed by atoms with E-state index in [1.54, 1.807) is 12.1 Å². The van der Waals surface area contributed by atoms with E-state index in [4.69, 9.17) is 13.9 Å². The lowest BCUT2D eigenvalue weighted by atomic mass is 10.1. The fourth-order valence-corrected chi connectivity index (χ4v) is 2.56. The van der Waals surface area contributed by atoms with Crippen molar-refractivity contribution in [3.63, 3.8) is 0 Å². The fraction of sp³-hybridized carbons (Fsp3) is 0.238. The predicted octanol–water partition coefficient (Wildman–Crippen LogP) is 6.03. The van der Waals surface area contributed by atoms with E-state index in [1.807, 2.05) is 25.1 Å². The molecule has 1 heterocycles. The average Bonchev–Trinajstić information content (AvgIpc) is 3.09. The van der Waals surface area contributed by atoms with Crippen molar-refractivity contribution in [2.24, 2.45) is 0 Å². The van der Waals surface area contributed by atoms with E-state index >= 15 is 0 Å². The number of aromatic nitrogens is 1. The van der Waals surface area contributed by atoms with Crippen LogP contribution < -0.4 is 4.74 Å². The zero-order valence-corrected chi connectivity index (χ0v) is 15.5. The molecule has 0 amide bonds. The Kier molecular flexibility index (Phi) is 6.21. The quantitative estimate of drug-likeness (QED) is 0.469. The van der Waals surface area contributed by atoms with Gasteiger partial charge in [0.25, 0.3) is 0 Å². The lowest BCUT2D eigenvalue weighted by molar-refractivity contribution is -0.137. The number of nitrogens with zero attached hydrogens (tertiary/aromatic N) is 1. The molecule has 3 rings (SSSR count). The van der Waals surface area contributed by atoms with Crippen molar-refractivity contribution in [1.82, 2.24) is 4.98 Å². The van der Waals surface area contributed by atoms with Gasteiger partial charge in [-0.1, -0.05) is 43.7 Å². The maximum atomic E-state index is 12.7. The maximum Gasteiger partial charge on any atom is 0.516 e. The molecule has 0 N–H and O–H groups in total. The number of carbonyl (C=O) groups is 1. The highest BCUT2D eigenvalue weighted by Gasteiger charge is 2.30. The van der Waals surface area contributed by atoms with Gasteiger partial charge >= 0.3 is 18.3 Å². The molecule has 0 saturated heterocycles. The summed E-state index contributed by atoms with van der Waals surface area (Å²) in [5, 5.41) is 0. The summed E-state index contributed by atoms with van der Waals surface area (Å²) in [4.78, 5) is 16.2. The molecule has 0 unspecified atom stereocenters. The average molecular weight is 405 g/mol. The molecule has 0 spiro atoms. The Morgan fingerprint density at radius 1 is 1.07 bits per heavy atom. The molecule has 0 radical (unpaired) electrons. The second-order valence-corrected chi connectivity index (χ2v) is 6.20. The second-order valence-electron chi connectivity index (χ2n) is 6.20. The Morgan fingerprint density at radius 3 is 2.38 bits per heavy atom. The van der Waals surface area contributed by atoms with Crippen LogP contribution in [0.15, 0.2) is 59.0 Å². The van der Waals surface area contributed by atoms with Gasteiger partial charge in [-0.15, -0.1) is 0 Å². The van der Waals surface area contributed by atoms with Crippen LogP contribution in [0.3, 0.4) is 0 Å². The predicted molar refractivity (Wildman–Crippen MR) is 98.2 cm³/mol. The first-order chi connectivity index (χ1) is 13.9. The summed E-state index contributed by atoms with van der Waals surface area (Å²) in [5.41, 5.74) is 0.741. The van der Waals surface area contributed by atoms with E-state index < -0.39 is 17.9 Å². The lowest BCUT2D eigenvalue weighted by Gasteiger charge is -2.06. The van der Waals surface area contributed by atoms with Gasteiger partial charge < -0.3 is 13.9 Å². The highest BCUT2D eigenvalue weighted by atomic mass is 19.4. The zero-order chi connectivity index (χ0) is 20.9. The molecule has 0 aliphatic carbocycles. The molecule has 8 heteroatoms. The maximum absolute atomic E-state index is 12.7. The van der Waals surface area contributed by atoms with Gasteiger partial charge in [-0.3, -0.25) is 0 Å². The summed E-state index contributed by atoms with van der Waals surface area (Å²) in [7, 11) is 0. The number of aryl methyl sites for hydroxylation is 1. The van der Waals surface area contributed by atoms with Crippen molar-refractivity contribution in [1.29, 1.82) is 0 Å². The third kappa shape index (κ3) is 5.37. The van der Waals surface area contributed by atoms with Gasteiger partial charge in [0.1, 0.15) is 12.3 Å². The number of oxazole rings is 1. The van der Waals surface area contributed by atoms with Gasteiger partial charge in [-0.25, -0.2) is 9.78 Å². The Balaban J connectivity index is 1.73. The highest BCUT2D eigenvalue weighted by Crippen LogP contribution is 2.33. The van der Waals surface area contributed by atoms with Crippen molar-refractivity contribution >= 4 is 6.16 Å². The van der Waals surface area contributed by atoms with Gasteiger partial charge in [0, 0.05) is 5.56 Å². The molecular formula is C21H18F3NO4. The standard InChI is InChI=1S/C21H18F3NO4/c1-2-6-17-19(29-20(26)27-13-14-7-4-3-5-8-14)28-18(25-17)15-9-11-16(12-10-15)21(22,23)24/h3-5,7-12H,2,6,13H2,1H3. The molecule has 152 valence electrons. The first-order valence-electron chi connectivity index (χ1n) is 8.92. The SMILES string of the molecule is CCCc1nc(-c2ccc(C(F)(F)F)cc2)oc1OC(=O)OCc1ccccc1. The third-order valence-electron chi connectivity index (χ3n) is 3.98. The minimum absolute atomic E-state index is 0.0304. The smallest absolute Gasteiger partial charge is 0.429 e. The third-order valence-corrected chi connectivity index (χ3v) is 3.98. The monoisotopic (exact) mass is 405 g/mol. The van der Waals surface area contributed by atoms with Crippen LogP contribution in [0, 0.1) is 0 Å². The Morgan fingerprint density at radius 2 is 1.76 bits per heavy atom. The molecule has 0 saturated carbocycles. The number of benzene rings is 2. The van der Waals surface area contributed by atoms with Crippen LogP contribution in [-0.4, -0.2) is 11.1 Å².